The van der Waals surface area contributed by atoms with Gasteiger partial charge in [-0.25, -0.2) is 0 Å². The van der Waals surface area contributed by atoms with Gasteiger partial charge in [-0.1, -0.05) is 26.0 Å². The molecule has 0 aromatic carbocycles. The number of nitrogens with one attached hydrogen (secondary N) is 1. The van der Waals surface area contributed by atoms with Gasteiger partial charge in [-0.05, 0) is 25.2 Å². The number of hydrogen-bond donors (Lipinski definition) is 1. The average Bonchev–Trinajstić information content (AvgIpc) is 3.06. The van der Waals surface area contributed by atoms with Crippen LogP contribution in [0.15, 0.2) is 12.2 Å². The molecule has 5 nitrogen and oxygen atoms in total. The molecule has 0 spiro atoms. The molecular formula is C16H24N4O. The minimum atomic E-state index is 0.180. The number of carbonyl (C=O) groups excluding carboxylic acids is 1. The van der Waals surface area contributed by atoms with Crippen LogP contribution in [-0.2, 0) is 17.8 Å². The molecule has 0 radical (unpaired) electrons. The number of rotatable bonds is 4. The number of amides is 1. The molecule has 1 aliphatic heterocycles. The molecule has 21 heavy (non-hydrogen) atoms. The molecule has 1 amide bonds. The van der Waals surface area contributed by atoms with Crippen LogP contribution in [0.1, 0.15) is 57.1 Å². The van der Waals surface area contributed by atoms with Gasteiger partial charge in [0, 0.05) is 31.3 Å². The topological polar surface area (TPSA) is 59.8 Å². The highest BCUT2D eigenvalue weighted by Gasteiger charge is 2.25. The first-order valence-electron chi connectivity index (χ1n) is 8.01. The molecule has 3 rings (SSSR count). The maximum absolute atomic E-state index is 12.2. The Labute approximate surface area is 125 Å². The lowest BCUT2D eigenvalue weighted by molar-refractivity contribution is -0.122. The van der Waals surface area contributed by atoms with E-state index in [2.05, 4.69) is 46.1 Å². The monoisotopic (exact) mass is 288 g/mol. The second-order valence-corrected chi connectivity index (χ2v) is 6.51. The van der Waals surface area contributed by atoms with Crippen molar-refractivity contribution in [3.8, 4) is 0 Å². The molecule has 0 saturated carbocycles. The van der Waals surface area contributed by atoms with Crippen molar-refractivity contribution in [3.63, 3.8) is 0 Å². The minimum absolute atomic E-state index is 0.180. The van der Waals surface area contributed by atoms with Crippen molar-refractivity contribution in [2.45, 2.75) is 64.5 Å². The summed E-state index contributed by atoms with van der Waals surface area (Å²) in [6.07, 6.45) is 9.07. The summed E-state index contributed by atoms with van der Waals surface area (Å²) in [6.45, 7) is 5.07. The Morgan fingerprint density at radius 3 is 3.00 bits per heavy atom. The fourth-order valence-corrected chi connectivity index (χ4v) is 3.28. The lowest BCUT2D eigenvalue weighted by Gasteiger charge is -2.26. The van der Waals surface area contributed by atoms with E-state index >= 15 is 0 Å². The average molecular weight is 288 g/mol. The smallest absolute Gasteiger partial charge is 0.220 e. The van der Waals surface area contributed by atoms with Gasteiger partial charge in [0.2, 0.25) is 5.91 Å². The zero-order valence-electron chi connectivity index (χ0n) is 12.9. The molecule has 0 bridgehead atoms. The fourth-order valence-electron chi connectivity index (χ4n) is 3.28. The Bertz CT molecular complexity index is 546. The highest BCUT2D eigenvalue weighted by molar-refractivity contribution is 5.76. The van der Waals surface area contributed by atoms with Gasteiger partial charge < -0.3 is 9.88 Å². The van der Waals surface area contributed by atoms with Crippen molar-refractivity contribution >= 4 is 5.91 Å². The molecule has 0 saturated heterocycles. The summed E-state index contributed by atoms with van der Waals surface area (Å²) < 4.78 is 2.19. The highest BCUT2D eigenvalue weighted by Crippen LogP contribution is 2.22. The number of fused-ring (bicyclic) bond motifs is 1. The molecular weight excluding hydrogens is 264 g/mol. The molecule has 2 heterocycles. The number of carbonyl (C=O) groups is 1. The van der Waals surface area contributed by atoms with Crippen LogP contribution in [0.4, 0.5) is 0 Å². The zero-order valence-corrected chi connectivity index (χ0v) is 12.9. The Morgan fingerprint density at radius 1 is 1.43 bits per heavy atom. The third-order valence-corrected chi connectivity index (χ3v) is 4.42. The normalized spacial score (nSPS) is 24.3. The predicted octanol–water partition coefficient (Wildman–Crippen LogP) is 2.19. The minimum Gasteiger partial charge on any atom is -0.352 e. The van der Waals surface area contributed by atoms with Crippen molar-refractivity contribution in [2.24, 2.45) is 5.92 Å². The molecule has 1 aromatic rings. The highest BCUT2D eigenvalue weighted by atomic mass is 16.1. The third-order valence-electron chi connectivity index (χ3n) is 4.42. The van der Waals surface area contributed by atoms with Crippen LogP contribution < -0.4 is 5.32 Å². The second kappa shape index (κ2) is 6.00. The van der Waals surface area contributed by atoms with Crippen LogP contribution in [0.5, 0.6) is 0 Å². The molecule has 114 valence electrons. The van der Waals surface area contributed by atoms with Crippen molar-refractivity contribution in [1.29, 1.82) is 0 Å². The standard InChI is InChI=1S/C16H24N4O/c1-11(2)16-19-18-14-8-7-13(10-20(14)16)17-15(21)9-12-5-3-4-6-12/h3,5,11-13H,4,6-10H2,1-2H3,(H,17,21). The first-order chi connectivity index (χ1) is 10.1. The van der Waals surface area contributed by atoms with Crippen molar-refractivity contribution in [3.05, 3.63) is 23.8 Å². The van der Waals surface area contributed by atoms with E-state index in [1.54, 1.807) is 0 Å². The second-order valence-electron chi connectivity index (χ2n) is 6.51. The molecule has 1 aromatic heterocycles. The molecule has 0 fully saturated rings. The third kappa shape index (κ3) is 3.17. The Hall–Kier alpha value is -1.65. The molecule has 2 aliphatic rings. The van der Waals surface area contributed by atoms with Gasteiger partial charge >= 0.3 is 0 Å². The summed E-state index contributed by atoms with van der Waals surface area (Å²) in [5.74, 6) is 3.07. The summed E-state index contributed by atoms with van der Waals surface area (Å²) in [4.78, 5) is 12.2. The Balaban J connectivity index is 1.59. The number of nitrogens with zero attached hydrogens (tertiary/aromatic N) is 3. The van der Waals surface area contributed by atoms with Crippen LogP contribution in [0.25, 0.3) is 0 Å². The van der Waals surface area contributed by atoms with E-state index in [1.165, 1.54) is 0 Å². The molecule has 2 unspecified atom stereocenters. The molecule has 5 heteroatoms. The molecule has 1 aliphatic carbocycles. The fraction of sp³-hybridized carbons (Fsp3) is 0.688. The summed E-state index contributed by atoms with van der Waals surface area (Å²) in [5, 5.41) is 11.7. The van der Waals surface area contributed by atoms with E-state index in [1.807, 2.05) is 0 Å². The predicted molar refractivity (Wildman–Crippen MR) is 80.8 cm³/mol. The molecule has 2 atom stereocenters. The van der Waals surface area contributed by atoms with Gasteiger partial charge in [0.05, 0.1) is 0 Å². The summed E-state index contributed by atoms with van der Waals surface area (Å²) in [7, 11) is 0. The quantitative estimate of drug-likeness (QED) is 0.864. The SMILES string of the molecule is CC(C)c1nnc2n1CC(NC(=O)CC1C=CCC1)CC2. The number of hydrogen-bond acceptors (Lipinski definition) is 3. The van der Waals surface area contributed by atoms with Crippen LogP contribution in [0.2, 0.25) is 0 Å². The molecule has 1 N–H and O–H groups in total. The summed E-state index contributed by atoms with van der Waals surface area (Å²) in [6, 6.07) is 0.212. The maximum atomic E-state index is 12.2. The Morgan fingerprint density at radius 2 is 2.29 bits per heavy atom. The number of allylic oxidation sites excluding steroid dienone is 2. The van der Waals surface area contributed by atoms with Crippen LogP contribution in [0.3, 0.4) is 0 Å². The van der Waals surface area contributed by atoms with Crippen molar-refractivity contribution in [1.82, 2.24) is 20.1 Å². The maximum Gasteiger partial charge on any atom is 0.220 e. The van der Waals surface area contributed by atoms with Gasteiger partial charge in [-0.15, -0.1) is 10.2 Å². The van der Waals surface area contributed by atoms with Gasteiger partial charge in [0.25, 0.3) is 0 Å². The van der Waals surface area contributed by atoms with Crippen LogP contribution >= 0.6 is 0 Å². The Kier molecular flexibility index (Phi) is 4.08. The largest absolute Gasteiger partial charge is 0.352 e. The van der Waals surface area contributed by atoms with Gasteiger partial charge in [-0.3, -0.25) is 4.79 Å². The van der Waals surface area contributed by atoms with Gasteiger partial charge in [0.15, 0.2) is 0 Å². The number of aromatic nitrogens is 3. The summed E-state index contributed by atoms with van der Waals surface area (Å²) >= 11 is 0. The first-order valence-corrected chi connectivity index (χ1v) is 8.01. The number of aryl methyl sites for hydroxylation is 1. The van der Waals surface area contributed by atoms with E-state index < -0.39 is 0 Å². The van der Waals surface area contributed by atoms with Crippen LogP contribution in [0, 0.1) is 5.92 Å². The van der Waals surface area contributed by atoms with Crippen LogP contribution in [-0.4, -0.2) is 26.7 Å². The van der Waals surface area contributed by atoms with E-state index in [0.29, 0.717) is 18.3 Å². The first kappa shape index (κ1) is 14.3. The van der Waals surface area contributed by atoms with E-state index in [9.17, 15) is 4.79 Å². The van der Waals surface area contributed by atoms with Crippen molar-refractivity contribution in [2.75, 3.05) is 0 Å². The lowest BCUT2D eigenvalue weighted by atomic mass is 10.0. The summed E-state index contributed by atoms with van der Waals surface area (Å²) in [5.41, 5.74) is 0. The zero-order chi connectivity index (χ0) is 14.8. The van der Waals surface area contributed by atoms with Crippen molar-refractivity contribution < 1.29 is 4.79 Å². The van der Waals surface area contributed by atoms with E-state index in [0.717, 1.165) is 43.9 Å². The van der Waals surface area contributed by atoms with E-state index in [4.69, 9.17) is 0 Å². The van der Waals surface area contributed by atoms with Gasteiger partial charge in [0.1, 0.15) is 11.6 Å². The van der Waals surface area contributed by atoms with Gasteiger partial charge in [-0.2, -0.15) is 0 Å². The van der Waals surface area contributed by atoms with E-state index in [-0.39, 0.29) is 11.9 Å². The lowest BCUT2D eigenvalue weighted by Crippen LogP contribution is -2.41.